The van der Waals surface area contributed by atoms with E-state index in [1.54, 1.807) is 24.5 Å². The number of aromatic nitrogens is 4. The van der Waals surface area contributed by atoms with Gasteiger partial charge in [-0.2, -0.15) is 0 Å². The monoisotopic (exact) mass is 391 g/mol. The lowest BCUT2D eigenvalue weighted by Gasteiger charge is -2.04. The summed E-state index contributed by atoms with van der Waals surface area (Å²) in [5.41, 5.74) is 1.47. The van der Waals surface area contributed by atoms with E-state index in [1.807, 2.05) is 48.1 Å². The molecule has 4 aromatic rings. The first-order valence-corrected chi connectivity index (χ1v) is 9.43. The highest BCUT2D eigenvalue weighted by atomic mass is 32.1. The Morgan fingerprint density at radius 2 is 1.89 bits per heavy atom. The number of carbonyl (C=O) groups excluding carboxylic acids is 1. The molecule has 0 atom stereocenters. The van der Waals surface area contributed by atoms with Gasteiger partial charge in [-0.1, -0.05) is 47.7 Å². The normalized spacial score (nSPS) is 10.8. The van der Waals surface area contributed by atoms with Gasteiger partial charge in [-0.15, -0.1) is 0 Å². The Labute approximate surface area is 164 Å². The van der Waals surface area contributed by atoms with Crippen LogP contribution in [0.25, 0.3) is 22.0 Å². The average Bonchev–Trinajstić information content (AvgIpc) is 3.30. The number of carbonyl (C=O) groups is 1. The molecule has 0 bridgehead atoms. The minimum Gasteiger partial charge on any atom is -0.333 e. The number of rotatable bonds is 5. The van der Waals surface area contributed by atoms with Crippen molar-refractivity contribution >= 4 is 22.4 Å². The molecule has 0 saturated heterocycles. The predicted molar refractivity (Wildman–Crippen MR) is 109 cm³/mol. The first kappa shape index (κ1) is 17.9. The van der Waals surface area contributed by atoms with Crippen molar-refractivity contribution < 1.29 is 4.79 Å². The maximum Gasteiger partial charge on any atom is 0.250 e. The number of nitrogens with zero attached hydrogens (tertiary/aromatic N) is 4. The smallest absolute Gasteiger partial charge is 0.250 e. The molecule has 3 aromatic heterocycles. The summed E-state index contributed by atoms with van der Waals surface area (Å²) in [4.78, 5) is 34.1. The van der Waals surface area contributed by atoms with Crippen LogP contribution in [0.5, 0.6) is 0 Å². The van der Waals surface area contributed by atoms with E-state index in [1.165, 1.54) is 22.0 Å². The number of anilines is 1. The molecular weight excluding hydrogens is 374 g/mol. The Bertz CT molecular complexity index is 1180. The van der Waals surface area contributed by atoms with Crippen molar-refractivity contribution in [1.29, 1.82) is 0 Å². The fourth-order valence-corrected chi connectivity index (χ4v) is 3.85. The van der Waals surface area contributed by atoms with E-state index in [-0.39, 0.29) is 18.0 Å². The van der Waals surface area contributed by atoms with Gasteiger partial charge < -0.3 is 14.5 Å². The second-order valence-electron chi connectivity index (χ2n) is 6.14. The molecule has 0 saturated carbocycles. The minimum atomic E-state index is -0.312. The number of imidazole rings is 1. The molecule has 4 rings (SSSR count). The molecule has 0 spiro atoms. The number of pyridine rings is 1. The van der Waals surface area contributed by atoms with Crippen LogP contribution in [0.2, 0.25) is 0 Å². The van der Waals surface area contributed by atoms with E-state index in [9.17, 15) is 9.59 Å². The molecule has 0 aliphatic carbocycles. The highest BCUT2D eigenvalue weighted by Crippen LogP contribution is 2.38. The third-order valence-corrected chi connectivity index (χ3v) is 5.12. The maximum absolute atomic E-state index is 12.4. The summed E-state index contributed by atoms with van der Waals surface area (Å²) in [5.74, 6) is 0.462. The molecule has 7 nitrogen and oxygen atoms in total. The highest BCUT2D eigenvalue weighted by Gasteiger charge is 2.19. The van der Waals surface area contributed by atoms with Crippen LogP contribution in [0, 0.1) is 0 Å². The van der Waals surface area contributed by atoms with E-state index in [0.29, 0.717) is 5.13 Å². The zero-order valence-electron chi connectivity index (χ0n) is 15.1. The SMILES string of the molecule is Cn1ccnc1-c1sc(NC(=O)Cn2ccccc2=O)nc1-c1ccccc1. The van der Waals surface area contributed by atoms with Crippen LogP contribution < -0.4 is 10.9 Å². The molecule has 0 radical (unpaired) electrons. The molecule has 28 heavy (non-hydrogen) atoms. The van der Waals surface area contributed by atoms with Crippen molar-refractivity contribution in [2.75, 3.05) is 5.32 Å². The van der Waals surface area contributed by atoms with Crippen LogP contribution in [0.15, 0.2) is 71.9 Å². The number of thiazole rings is 1. The van der Waals surface area contributed by atoms with Crippen molar-refractivity contribution in [2.45, 2.75) is 6.54 Å². The number of aryl methyl sites for hydroxylation is 1. The van der Waals surface area contributed by atoms with Gasteiger partial charge in [0.15, 0.2) is 11.0 Å². The largest absolute Gasteiger partial charge is 0.333 e. The summed E-state index contributed by atoms with van der Waals surface area (Å²) in [6.07, 6.45) is 5.17. The summed E-state index contributed by atoms with van der Waals surface area (Å²) in [6.45, 7) is -0.0718. The van der Waals surface area contributed by atoms with Crippen LogP contribution in [-0.4, -0.2) is 25.0 Å². The summed E-state index contributed by atoms with van der Waals surface area (Å²) in [5, 5.41) is 3.27. The molecule has 3 heterocycles. The first-order valence-electron chi connectivity index (χ1n) is 8.61. The Kier molecular flexibility index (Phi) is 4.86. The number of hydrogen-bond acceptors (Lipinski definition) is 5. The zero-order valence-corrected chi connectivity index (χ0v) is 15.9. The topological polar surface area (TPSA) is 81.8 Å². The number of nitrogens with one attached hydrogen (secondary N) is 1. The second-order valence-corrected chi connectivity index (χ2v) is 7.14. The van der Waals surface area contributed by atoms with Gasteiger partial charge in [0, 0.05) is 37.3 Å². The lowest BCUT2D eigenvalue weighted by molar-refractivity contribution is -0.116. The fraction of sp³-hybridized carbons (Fsp3) is 0.100. The van der Waals surface area contributed by atoms with Gasteiger partial charge in [-0.25, -0.2) is 9.97 Å². The Balaban J connectivity index is 1.66. The first-order chi connectivity index (χ1) is 13.6. The molecule has 1 N–H and O–H groups in total. The van der Waals surface area contributed by atoms with Crippen LogP contribution in [0.4, 0.5) is 5.13 Å². The molecule has 0 aliphatic rings. The van der Waals surface area contributed by atoms with E-state index >= 15 is 0 Å². The van der Waals surface area contributed by atoms with Crippen molar-refractivity contribution in [3.63, 3.8) is 0 Å². The lowest BCUT2D eigenvalue weighted by atomic mass is 10.1. The molecule has 8 heteroatoms. The Morgan fingerprint density at radius 1 is 1.11 bits per heavy atom. The van der Waals surface area contributed by atoms with E-state index in [4.69, 9.17) is 0 Å². The average molecular weight is 391 g/mol. The van der Waals surface area contributed by atoms with Gasteiger partial charge in [0.25, 0.3) is 5.56 Å². The number of benzene rings is 1. The lowest BCUT2D eigenvalue weighted by Crippen LogP contribution is -2.26. The summed E-state index contributed by atoms with van der Waals surface area (Å²) < 4.78 is 3.26. The standard InChI is InChI=1S/C20H17N5O2S/c1-24-12-10-21-19(24)18-17(14-7-3-2-4-8-14)23-20(28-18)22-15(26)13-25-11-6-5-9-16(25)27/h2-12H,13H2,1H3,(H,22,23,26). The molecule has 1 aromatic carbocycles. The quantitative estimate of drug-likeness (QED) is 0.567. The van der Waals surface area contributed by atoms with Crippen LogP contribution in [0.1, 0.15) is 0 Å². The van der Waals surface area contributed by atoms with E-state index in [0.717, 1.165) is 22.0 Å². The van der Waals surface area contributed by atoms with Gasteiger partial charge in [0.2, 0.25) is 5.91 Å². The molecule has 0 fully saturated rings. The molecule has 1 amide bonds. The third kappa shape index (κ3) is 3.63. The van der Waals surface area contributed by atoms with Crippen molar-refractivity contribution in [2.24, 2.45) is 7.05 Å². The Morgan fingerprint density at radius 3 is 2.61 bits per heavy atom. The fourth-order valence-electron chi connectivity index (χ4n) is 2.81. The molecule has 0 unspecified atom stereocenters. The maximum atomic E-state index is 12.4. The molecular formula is C20H17N5O2S. The van der Waals surface area contributed by atoms with Gasteiger partial charge in [0.1, 0.15) is 6.54 Å². The second kappa shape index (κ2) is 7.61. The number of hydrogen-bond donors (Lipinski definition) is 1. The van der Waals surface area contributed by atoms with Crippen LogP contribution >= 0.6 is 11.3 Å². The minimum absolute atomic E-state index is 0.0718. The van der Waals surface area contributed by atoms with Crippen molar-refractivity contribution in [1.82, 2.24) is 19.1 Å². The zero-order chi connectivity index (χ0) is 19.5. The predicted octanol–water partition coefficient (Wildman–Crippen LogP) is 3.01. The number of amides is 1. The molecule has 0 aliphatic heterocycles. The van der Waals surface area contributed by atoms with Crippen molar-refractivity contribution in [3.8, 4) is 22.0 Å². The highest BCUT2D eigenvalue weighted by molar-refractivity contribution is 7.19. The van der Waals surface area contributed by atoms with E-state index < -0.39 is 0 Å². The van der Waals surface area contributed by atoms with Crippen LogP contribution in [-0.2, 0) is 18.4 Å². The summed E-state index contributed by atoms with van der Waals surface area (Å²) in [7, 11) is 1.91. The third-order valence-electron chi connectivity index (χ3n) is 4.16. The Hall–Kier alpha value is -3.52. The van der Waals surface area contributed by atoms with Crippen LogP contribution in [0.3, 0.4) is 0 Å². The molecule has 140 valence electrons. The van der Waals surface area contributed by atoms with Gasteiger partial charge in [-0.05, 0) is 6.07 Å². The summed E-state index contributed by atoms with van der Waals surface area (Å²) >= 11 is 1.36. The van der Waals surface area contributed by atoms with Gasteiger partial charge >= 0.3 is 0 Å². The van der Waals surface area contributed by atoms with Gasteiger partial charge in [0.05, 0.1) is 10.6 Å². The van der Waals surface area contributed by atoms with Crippen molar-refractivity contribution in [3.05, 3.63) is 77.5 Å². The van der Waals surface area contributed by atoms with Gasteiger partial charge in [-0.3, -0.25) is 9.59 Å². The van der Waals surface area contributed by atoms with E-state index in [2.05, 4.69) is 15.3 Å². The summed E-state index contributed by atoms with van der Waals surface area (Å²) in [6, 6.07) is 14.5.